The van der Waals surface area contributed by atoms with E-state index in [1.807, 2.05) is 32.3 Å². The van der Waals surface area contributed by atoms with Crippen LogP contribution in [0.5, 0.6) is 0 Å². The first-order valence-electron chi connectivity index (χ1n) is 11.7. The van der Waals surface area contributed by atoms with Gasteiger partial charge in [-0.25, -0.2) is 0 Å². The van der Waals surface area contributed by atoms with E-state index < -0.39 is 0 Å². The topological polar surface area (TPSA) is 50.3 Å². The van der Waals surface area contributed by atoms with Crippen LogP contribution < -0.4 is 5.32 Å². The number of aromatic nitrogens is 2. The Morgan fingerprint density at radius 3 is 2.53 bits per heavy atom. The first-order chi connectivity index (χ1) is 16.5. The van der Waals surface area contributed by atoms with Gasteiger partial charge >= 0.3 is 0 Å². The Morgan fingerprint density at radius 2 is 1.88 bits per heavy atom. The predicted molar refractivity (Wildman–Crippen MR) is 140 cm³/mol. The molecule has 4 rings (SSSR count). The number of allylic oxidation sites excluding steroid dienone is 1. The van der Waals surface area contributed by atoms with Crippen molar-refractivity contribution >= 4 is 11.3 Å². The largest absolute Gasteiger partial charge is 0.480 e. The van der Waals surface area contributed by atoms with Gasteiger partial charge in [0.2, 0.25) is 0 Å². The SMILES string of the molecule is C=C(Cc1ccc(-c2ccnc(C)c2)cc1)Nc1ccc(C2=CCN(C(=C)OCC)CC2)nc1. The number of nitrogens with one attached hydrogen (secondary N) is 1. The molecule has 2 aromatic heterocycles. The molecule has 0 aliphatic carbocycles. The maximum absolute atomic E-state index is 5.52. The molecule has 0 amide bonds. The second-order valence-corrected chi connectivity index (χ2v) is 8.47. The van der Waals surface area contributed by atoms with Gasteiger partial charge in [0.1, 0.15) is 0 Å². The predicted octanol–water partition coefficient (Wildman–Crippen LogP) is 6.22. The van der Waals surface area contributed by atoms with E-state index in [0.29, 0.717) is 6.61 Å². The summed E-state index contributed by atoms with van der Waals surface area (Å²) < 4.78 is 5.52. The third-order valence-electron chi connectivity index (χ3n) is 5.89. The number of hydrogen-bond acceptors (Lipinski definition) is 5. The number of aryl methyl sites for hydroxylation is 1. The van der Waals surface area contributed by atoms with E-state index in [4.69, 9.17) is 4.74 Å². The van der Waals surface area contributed by atoms with E-state index in [0.717, 1.165) is 54.6 Å². The molecule has 0 spiro atoms. The van der Waals surface area contributed by atoms with E-state index in [9.17, 15) is 0 Å². The quantitative estimate of drug-likeness (QED) is 0.391. The zero-order valence-corrected chi connectivity index (χ0v) is 20.1. The van der Waals surface area contributed by atoms with Crippen molar-refractivity contribution < 1.29 is 4.74 Å². The minimum atomic E-state index is 0.643. The average Bonchev–Trinajstić information content (AvgIpc) is 2.85. The summed E-state index contributed by atoms with van der Waals surface area (Å²) in [6.45, 7) is 14.5. The van der Waals surface area contributed by atoms with Crippen LogP contribution >= 0.6 is 0 Å². The number of rotatable bonds is 9. The Bertz CT molecular complexity index is 1180. The molecule has 0 fully saturated rings. The van der Waals surface area contributed by atoms with Crippen molar-refractivity contribution in [2.45, 2.75) is 26.7 Å². The number of hydrogen-bond donors (Lipinski definition) is 1. The Balaban J connectivity index is 1.31. The first-order valence-corrected chi connectivity index (χ1v) is 11.7. The lowest BCUT2D eigenvalue weighted by Gasteiger charge is -2.29. The zero-order valence-electron chi connectivity index (χ0n) is 20.1. The summed E-state index contributed by atoms with van der Waals surface area (Å²) in [4.78, 5) is 11.1. The van der Waals surface area contributed by atoms with Gasteiger partial charge in [-0.2, -0.15) is 0 Å². The highest BCUT2D eigenvalue weighted by molar-refractivity contribution is 5.65. The van der Waals surface area contributed by atoms with Crippen molar-refractivity contribution in [1.29, 1.82) is 0 Å². The van der Waals surface area contributed by atoms with Crippen molar-refractivity contribution in [2.75, 3.05) is 25.0 Å². The third-order valence-corrected chi connectivity index (χ3v) is 5.89. The molecule has 1 N–H and O–H groups in total. The van der Waals surface area contributed by atoms with Crippen LogP contribution in [0.15, 0.2) is 91.7 Å². The fraction of sp³-hybridized carbons (Fsp3) is 0.241. The van der Waals surface area contributed by atoms with Gasteiger partial charge in [0.05, 0.1) is 24.2 Å². The lowest BCUT2D eigenvalue weighted by Crippen LogP contribution is -2.28. The highest BCUT2D eigenvalue weighted by atomic mass is 16.5. The lowest BCUT2D eigenvalue weighted by molar-refractivity contribution is 0.130. The number of benzene rings is 1. The van der Waals surface area contributed by atoms with Crippen LogP contribution in [0.3, 0.4) is 0 Å². The third kappa shape index (κ3) is 5.93. The summed E-state index contributed by atoms with van der Waals surface area (Å²) in [5, 5.41) is 3.39. The molecule has 0 bridgehead atoms. The van der Waals surface area contributed by atoms with Crippen molar-refractivity contribution in [3.05, 3.63) is 109 Å². The molecule has 3 aromatic rings. The fourth-order valence-corrected chi connectivity index (χ4v) is 4.08. The average molecular weight is 453 g/mol. The first kappa shape index (κ1) is 23.3. The lowest BCUT2D eigenvalue weighted by atomic mass is 10.0. The van der Waals surface area contributed by atoms with Crippen LogP contribution in [0, 0.1) is 6.92 Å². The molecule has 1 aromatic carbocycles. The van der Waals surface area contributed by atoms with E-state index >= 15 is 0 Å². The molecule has 0 unspecified atom stereocenters. The minimum absolute atomic E-state index is 0.643. The fourth-order valence-electron chi connectivity index (χ4n) is 4.08. The van der Waals surface area contributed by atoms with E-state index in [1.54, 1.807) is 0 Å². The number of nitrogens with zero attached hydrogens (tertiary/aromatic N) is 3. The molecule has 34 heavy (non-hydrogen) atoms. The van der Waals surface area contributed by atoms with Gasteiger partial charge in [0.25, 0.3) is 0 Å². The van der Waals surface area contributed by atoms with Crippen LogP contribution in [0.4, 0.5) is 5.69 Å². The smallest absolute Gasteiger partial charge is 0.182 e. The molecule has 174 valence electrons. The van der Waals surface area contributed by atoms with Crippen molar-refractivity contribution in [2.24, 2.45) is 0 Å². The summed E-state index contributed by atoms with van der Waals surface area (Å²) >= 11 is 0. The van der Waals surface area contributed by atoms with E-state index in [1.165, 1.54) is 22.3 Å². The molecule has 1 aliphatic heterocycles. The molecule has 5 heteroatoms. The van der Waals surface area contributed by atoms with Gasteiger partial charge in [0.15, 0.2) is 5.88 Å². The monoisotopic (exact) mass is 452 g/mol. The Labute approximate surface area is 202 Å². The molecular weight excluding hydrogens is 420 g/mol. The minimum Gasteiger partial charge on any atom is -0.480 e. The van der Waals surface area contributed by atoms with Gasteiger partial charge in [0, 0.05) is 37.1 Å². The second-order valence-electron chi connectivity index (χ2n) is 8.47. The molecule has 0 saturated heterocycles. The summed E-state index contributed by atoms with van der Waals surface area (Å²) in [6.07, 6.45) is 7.61. The van der Waals surface area contributed by atoms with Gasteiger partial charge in [-0.05, 0) is 73.4 Å². The molecule has 0 atom stereocenters. The Hall–Kier alpha value is -3.86. The second kappa shape index (κ2) is 10.8. The summed E-state index contributed by atoms with van der Waals surface area (Å²) in [7, 11) is 0. The van der Waals surface area contributed by atoms with Crippen molar-refractivity contribution in [3.63, 3.8) is 0 Å². The van der Waals surface area contributed by atoms with Crippen LogP contribution in [-0.2, 0) is 11.2 Å². The normalized spacial score (nSPS) is 13.2. The highest BCUT2D eigenvalue weighted by Crippen LogP contribution is 2.24. The molecule has 3 heterocycles. The molecule has 5 nitrogen and oxygen atoms in total. The number of pyridine rings is 2. The number of anilines is 1. The van der Waals surface area contributed by atoms with Gasteiger partial charge < -0.3 is 15.0 Å². The van der Waals surface area contributed by atoms with E-state index in [2.05, 4.69) is 81.9 Å². The highest BCUT2D eigenvalue weighted by Gasteiger charge is 2.15. The van der Waals surface area contributed by atoms with E-state index in [-0.39, 0.29) is 0 Å². The molecular formula is C29H32N4O. The molecule has 1 aliphatic rings. The van der Waals surface area contributed by atoms with Crippen LogP contribution in [0.1, 0.15) is 30.3 Å². The summed E-state index contributed by atoms with van der Waals surface area (Å²) in [5.74, 6) is 0.742. The van der Waals surface area contributed by atoms with Crippen molar-refractivity contribution in [3.8, 4) is 11.1 Å². The summed E-state index contributed by atoms with van der Waals surface area (Å²) in [6, 6.07) is 16.9. The standard InChI is InChI=1S/C29H32N4O/c1-5-34-23(4)33-16-13-26(14-17-33)29-11-10-28(20-31-29)32-22(3)18-24-6-8-25(9-7-24)27-12-15-30-21(2)19-27/h6-13,15,19-20,32H,3-5,14,16-18H2,1-2H3. The van der Waals surface area contributed by atoms with Gasteiger partial charge in [-0.1, -0.05) is 36.9 Å². The maximum atomic E-state index is 5.52. The van der Waals surface area contributed by atoms with Crippen LogP contribution in [0.25, 0.3) is 16.7 Å². The Morgan fingerprint density at radius 1 is 1.06 bits per heavy atom. The maximum Gasteiger partial charge on any atom is 0.182 e. The number of ether oxygens (including phenoxy) is 1. The molecule has 0 radical (unpaired) electrons. The van der Waals surface area contributed by atoms with Gasteiger partial charge in [-0.3, -0.25) is 9.97 Å². The van der Waals surface area contributed by atoms with Crippen LogP contribution in [-0.4, -0.2) is 34.6 Å². The summed E-state index contributed by atoms with van der Waals surface area (Å²) in [5.41, 5.74) is 8.76. The molecule has 0 saturated carbocycles. The van der Waals surface area contributed by atoms with Crippen molar-refractivity contribution in [1.82, 2.24) is 14.9 Å². The van der Waals surface area contributed by atoms with Crippen LogP contribution in [0.2, 0.25) is 0 Å². The Kier molecular flexibility index (Phi) is 7.43. The zero-order chi connectivity index (χ0) is 23.9. The van der Waals surface area contributed by atoms with Gasteiger partial charge in [-0.15, -0.1) is 0 Å².